The number of amides is 1. The van der Waals surface area contributed by atoms with Crippen LogP contribution in [0.2, 0.25) is 0 Å². The Morgan fingerprint density at radius 3 is 3.00 bits per heavy atom. The van der Waals surface area contributed by atoms with Crippen molar-refractivity contribution in [2.75, 3.05) is 24.1 Å². The number of benzene rings is 1. The number of carbonyl (C=O) groups excluding carboxylic acids is 1. The van der Waals surface area contributed by atoms with Crippen LogP contribution in [-0.4, -0.2) is 28.5 Å². The van der Waals surface area contributed by atoms with E-state index in [1.165, 1.54) is 0 Å². The summed E-state index contributed by atoms with van der Waals surface area (Å²) in [4.78, 5) is 15.9. The molecule has 2 aromatic rings. The second-order valence-electron chi connectivity index (χ2n) is 4.39. The first kappa shape index (κ1) is 13.9. The predicted molar refractivity (Wildman–Crippen MR) is 79.6 cm³/mol. The Morgan fingerprint density at radius 1 is 1.45 bits per heavy atom. The van der Waals surface area contributed by atoms with Gasteiger partial charge in [0.1, 0.15) is 0 Å². The molecule has 0 saturated carbocycles. The largest absolute Gasteiger partial charge is 0.399 e. The molecule has 0 aliphatic rings. The average molecular weight is 273 g/mol. The van der Waals surface area contributed by atoms with Gasteiger partial charge < -0.3 is 20.9 Å². The maximum Gasteiger partial charge on any atom is 0.253 e. The predicted octanol–water partition coefficient (Wildman–Crippen LogP) is 1.33. The summed E-state index contributed by atoms with van der Waals surface area (Å²) in [5, 5.41) is 6.03. The van der Waals surface area contributed by atoms with E-state index in [9.17, 15) is 4.79 Å². The summed E-state index contributed by atoms with van der Waals surface area (Å²) in [6.45, 7) is 3.94. The van der Waals surface area contributed by atoms with E-state index in [2.05, 4.69) is 15.6 Å². The van der Waals surface area contributed by atoms with Gasteiger partial charge in [0.25, 0.3) is 5.91 Å². The molecular formula is C14H19N5O. The summed E-state index contributed by atoms with van der Waals surface area (Å²) in [5.41, 5.74) is 7.76. The Bertz CT molecular complexity index is 565. The highest BCUT2D eigenvalue weighted by molar-refractivity contribution is 6.00. The van der Waals surface area contributed by atoms with Crippen molar-refractivity contribution >= 4 is 17.3 Å². The van der Waals surface area contributed by atoms with Crippen molar-refractivity contribution in [3.8, 4) is 0 Å². The number of hydrogen-bond donors (Lipinski definition) is 3. The number of rotatable bonds is 6. The van der Waals surface area contributed by atoms with Gasteiger partial charge in [0.05, 0.1) is 11.9 Å². The Balaban J connectivity index is 2.05. The highest BCUT2D eigenvalue weighted by Crippen LogP contribution is 2.19. The van der Waals surface area contributed by atoms with Crippen molar-refractivity contribution < 1.29 is 4.79 Å². The van der Waals surface area contributed by atoms with E-state index in [0.717, 1.165) is 12.2 Å². The number of aromatic nitrogens is 2. The van der Waals surface area contributed by atoms with Gasteiger partial charge in [-0.1, -0.05) is 0 Å². The summed E-state index contributed by atoms with van der Waals surface area (Å²) in [5.74, 6) is -0.0994. The summed E-state index contributed by atoms with van der Waals surface area (Å²) >= 11 is 0. The average Bonchev–Trinajstić information content (AvgIpc) is 2.92. The lowest BCUT2D eigenvalue weighted by atomic mass is 10.1. The smallest absolute Gasteiger partial charge is 0.253 e. The molecule has 1 aromatic heterocycles. The van der Waals surface area contributed by atoms with Crippen LogP contribution in [0.25, 0.3) is 0 Å². The van der Waals surface area contributed by atoms with Gasteiger partial charge in [-0.15, -0.1) is 0 Å². The lowest BCUT2D eigenvalue weighted by molar-refractivity contribution is 0.0956. The quantitative estimate of drug-likeness (QED) is 0.693. The van der Waals surface area contributed by atoms with E-state index in [1.807, 2.05) is 17.7 Å². The maximum atomic E-state index is 12.0. The summed E-state index contributed by atoms with van der Waals surface area (Å²) in [7, 11) is 0. The van der Waals surface area contributed by atoms with Gasteiger partial charge in [-0.2, -0.15) is 0 Å². The molecule has 2 rings (SSSR count). The molecule has 0 spiro atoms. The van der Waals surface area contributed by atoms with Crippen LogP contribution in [0.4, 0.5) is 11.4 Å². The molecule has 0 fully saturated rings. The Morgan fingerprint density at radius 2 is 2.30 bits per heavy atom. The standard InChI is InChI=1S/C14H19N5O/c1-2-17-14(20)12-4-3-11(15)9-13(12)18-6-8-19-7-5-16-10-19/h3-5,7,9-10,18H,2,6,8,15H2,1H3,(H,17,20). The van der Waals surface area contributed by atoms with Gasteiger partial charge in [0, 0.05) is 43.4 Å². The molecule has 106 valence electrons. The highest BCUT2D eigenvalue weighted by Gasteiger charge is 2.10. The molecule has 20 heavy (non-hydrogen) atoms. The van der Waals surface area contributed by atoms with E-state index < -0.39 is 0 Å². The first-order valence-corrected chi connectivity index (χ1v) is 6.58. The van der Waals surface area contributed by atoms with Gasteiger partial charge in [0.2, 0.25) is 0 Å². The second kappa shape index (κ2) is 6.60. The first-order valence-electron chi connectivity index (χ1n) is 6.58. The van der Waals surface area contributed by atoms with Crippen LogP contribution < -0.4 is 16.4 Å². The fraction of sp³-hybridized carbons (Fsp3) is 0.286. The number of nitrogen functional groups attached to an aromatic ring is 1. The van der Waals surface area contributed by atoms with E-state index in [1.54, 1.807) is 30.7 Å². The zero-order valence-corrected chi connectivity index (χ0v) is 11.5. The molecular weight excluding hydrogens is 254 g/mol. The minimum atomic E-state index is -0.0994. The van der Waals surface area contributed by atoms with Crippen LogP contribution >= 0.6 is 0 Å². The molecule has 0 bridgehead atoms. The minimum absolute atomic E-state index is 0.0994. The molecule has 0 radical (unpaired) electrons. The molecule has 1 aromatic carbocycles. The van der Waals surface area contributed by atoms with E-state index in [0.29, 0.717) is 24.3 Å². The third-order valence-corrected chi connectivity index (χ3v) is 2.87. The van der Waals surface area contributed by atoms with Crippen LogP contribution in [0.15, 0.2) is 36.9 Å². The summed E-state index contributed by atoms with van der Waals surface area (Å²) in [6.07, 6.45) is 5.39. The second-order valence-corrected chi connectivity index (χ2v) is 4.39. The van der Waals surface area contributed by atoms with Gasteiger partial charge >= 0.3 is 0 Å². The topological polar surface area (TPSA) is 85.0 Å². The van der Waals surface area contributed by atoms with Gasteiger partial charge in [0.15, 0.2) is 0 Å². The molecule has 0 unspecified atom stereocenters. The molecule has 0 aliphatic heterocycles. The molecule has 6 heteroatoms. The minimum Gasteiger partial charge on any atom is -0.399 e. The first-order chi connectivity index (χ1) is 9.70. The van der Waals surface area contributed by atoms with Crippen LogP contribution in [0.5, 0.6) is 0 Å². The number of nitrogens with zero attached hydrogens (tertiary/aromatic N) is 2. The SMILES string of the molecule is CCNC(=O)c1ccc(N)cc1NCCn1ccnc1. The van der Waals surface area contributed by atoms with Gasteiger partial charge in [-0.05, 0) is 25.1 Å². The number of anilines is 2. The molecule has 4 N–H and O–H groups in total. The van der Waals surface area contributed by atoms with Crippen LogP contribution in [0.3, 0.4) is 0 Å². The van der Waals surface area contributed by atoms with E-state index >= 15 is 0 Å². The molecule has 0 saturated heterocycles. The molecule has 1 heterocycles. The lowest BCUT2D eigenvalue weighted by Crippen LogP contribution is -2.24. The van der Waals surface area contributed by atoms with Crippen LogP contribution in [0.1, 0.15) is 17.3 Å². The Labute approximate surface area is 118 Å². The number of nitrogens with two attached hydrogens (primary N) is 1. The molecule has 0 atom stereocenters. The number of nitrogens with one attached hydrogen (secondary N) is 2. The summed E-state index contributed by atoms with van der Waals surface area (Å²) in [6, 6.07) is 5.24. The normalized spacial score (nSPS) is 10.2. The van der Waals surface area contributed by atoms with Crippen molar-refractivity contribution in [3.05, 3.63) is 42.5 Å². The third kappa shape index (κ3) is 3.50. The maximum absolute atomic E-state index is 12.0. The van der Waals surface area contributed by atoms with Gasteiger partial charge in [-0.3, -0.25) is 4.79 Å². The Hall–Kier alpha value is -2.50. The van der Waals surface area contributed by atoms with E-state index in [-0.39, 0.29) is 5.91 Å². The van der Waals surface area contributed by atoms with Crippen molar-refractivity contribution in [2.24, 2.45) is 0 Å². The Kier molecular flexibility index (Phi) is 4.60. The van der Waals surface area contributed by atoms with Crippen LogP contribution in [-0.2, 0) is 6.54 Å². The van der Waals surface area contributed by atoms with Crippen molar-refractivity contribution in [1.29, 1.82) is 0 Å². The fourth-order valence-corrected chi connectivity index (χ4v) is 1.90. The van der Waals surface area contributed by atoms with E-state index in [4.69, 9.17) is 5.73 Å². The highest BCUT2D eigenvalue weighted by atomic mass is 16.1. The zero-order chi connectivity index (χ0) is 14.4. The van der Waals surface area contributed by atoms with Crippen molar-refractivity contribution in [1.82, 2.24) is 14.9 Å². The fourth-order valence-electron chi connectivity index (χ4n) is 1.90. The monoisotopic (exact) mass is 273 g/mol. The lowest BCUT2D eigenvalue weighted by Gasteiger charge is -2.13. The molecule has 1 amide bonds. The number of imidazole rings is 1. The van der Waals surface area contributed by atoms with Crippen LogP contribution in [0, 0.1) is 0 Å². The van der Waals surface area contributed by atoms with Crippen molar-refractivity contribution in [3.63, 3.8) is 0 Å². The third-order valence-electron chi connectivity index (χ3n) is 2.87. The van der Waals surface area contributed by atoms with Gasteiger partial charge in [-0.25, -0.2) is 4.98 Å². The molecule has 0 aliphatic carbocycles. The number of hydrogen-bond acceptors (Lipinski definition) is 4. The van der Waals surface area contributed by atoms with Crippen molar-refractivity contribution in [2.45, 2.75) is 13.5 Å². The molecule has 6 nitrogen and oxygen atoms in total. The number of carbonyl (C=O) groups is 1. The zero-order valence-electron chi connectivity index (χ0n) is 11.5. The summed E-state index contributed by atoms with van der Waals surface area (Å²) < 4.78 is 1.96.